The van der Waals surface area contributed by atoms with Crippen LogP contribution in [0.3, 0.4) is 0 Å². The molecular formula is C18H23N3O3S. The summed E-state index contributed by atoms with van der Waals surface area (Å²) in [5, 5.41) is 5.46. The number of hydrogen-bond donors (Lipinski definition) is 3. The molecule has 2 aromatic carbocycles. The Kier molecular flexibility index (Phi) is 6.41. The molecule has 0 unspecified atom stereocenters. The number of carbonyl (C=O) groups is 1. The molecular weight excluding hydrogens is 338 g/mol. The molecule has 0 spiro atoms. The summed E-state index contributed by atoms with van der Waals surface area (Å²) >= 11 is 0. The Hall–Kier alpha value is -2.54. The Morgan fingerprint density at radius 1 is 1.04 bits per heavy atom. The zero-order valence-corrected chi connectivity index (χ0v) is 15.2. The van der Waals surface area contributed by atoms with Gasteiger partial charge in [0.25, 0.3) is 0 Å². The molecule has 0 saturated carbocycles. The molecule has 25 heavy (non-hydrogen) atoms. The number of carbonyl (C=O) groups excluding carboxylic acids is 1. The molecule has 6 nitrogen and oxygen atoms in total. The lowest BCUT2D eigenvalue weighted by molar-refractivity contribution is 0.251. The average molecular weight is 361 g/mol. The lowest BCUT2D eigenvalue weighted by Gasteiger charge is -2.11. The Balaban J connectivity index is 1.92. The minimum atomic E-state index is -3.36. The van der Waals surface area contributed by atoms with E-state index in [9.17, 15) is 13.2 Å². The first-order valence-corrected chi connectivity index (χ1v) is 9.74. The van der Waals surface area contributed by atoms with Crippen LogP contribution in [0, 0.1) is 6.92 Å². The first kappa shape index (κ1) is 18.8. The topological polar surface area (TPSA) is 87.3 Å². The quantitative estimate of drug-likeness (QED) is 0.706. The highest BCUT2D eigenvalue weighted by atomic mass is 32.2. The van der Waals surface area contributed by atoms with Gasteiger partial charge in [0.05, 0.1) is 11.4 Å². The van der Waals surface area contributed by atoms with Gasteiger partial charge in [0.1, 0.15) is 0 Å². The molecule has 2 rings (SSSR count). The summed E-state index contributed by atoms with van der Waals surface area (Å²) in [6, 6.07) is 14.1. The number of amides is 2. The second kappa shape index (κ2) is 8.53. The van der Waals surface area contributed by atoms with Crippen LogP contribution >= 0.6 is 0 Å². The van der Waals surface area contributed by atoms with Gasteiger partial charge in [-0.25, -0.2) is 13.2 Å². The van der Waals surface area contributed by atoms with Crippen molar-refractivity contribution in [2.45, 2.75) is 26.8 Å². The number of aryl methyl sites for hydroxylation is 1. The van der Waals surface area contributed by atoms with Crippen molar-refractivity contribution in [3.63, 3.8) is 0 Å². The predicted octanol–water partition coefficient (Wildman–Crippen LogP) is 3.47. The van der Waals surface area contributed by atoms with Gasteiger partial charge in [-0.2, -0.15) is 0 Å². The fourth-order valence-electron chi connectivity index (χ4n) is 2.22. The van der Waals surface area contributed by atoms with Crippen LogP contribution in [0.2, 0.25) is 0 Å². The lowest BCUT2D eigenvalue weighted by Crippen LogP contribution is -2.28. The third kappa shape index (κ3) is 6.46. The number of hydrogen-bond acceptors (Lipinski definition) is 3. The highest BCUT2D eigenvalue weighted by molar-refractivity contribution is 7.92. The second-order valence-corrected chi connectivity index (χ2v) is 7.64. The van der Waals surface area contributed by atoms with E-state index in [-0.39, 0.29) is 11.8 Å². The van der Waals surface area contributed by atoms with Gasteiger partial charge in [-0.05, 0) is 37.1 Å². The van der Waals surface area contributed by atoms with Crippen molar-refractivity contribution in [2.75, 3.05) is 15.8 Å². The standard InChI is InChI=1S/C18H23N3O3S/c1-3-11-25(23,24)21-17-6-4-5-16(12-17)20-18(22)19-13-15-9-7-14(2)8-10-15/h4-10,12,21H,3,11,13H2,1-2H3,(H2,19,20,22). The van der Waals surface area contributed by atoms with Crippen LogP contribution in [0.5, 0.6) is 0 Å². The summed E-state index contributed by atoms with van der Waals surface area (Å²) in [6.45, 7) is 4.22. The van der Waals surface area contributed by atoms with E-state index in [2.05, 4.69) is 15.4 Å². The Morgan fingerprint density at radius 2 is 1.72 bits per heavy atom. The largest absolute Gasteiger partial charge is 0.334 e. The molecule has 0 atom stereocenters. The van der Waals surface area contributed by atoms with Crippen LogP contribution in [0.4, 0.5) is 16.2 Å². The SMILES string of the molecule is CCCS(=O)(=O)Nc1cccc(NC(=O)NCc2ccc(C)cc2)c1. The smallest absolute Gasteiger partial charge is 0.319 e. The molecule has 0 heterocycles. The molecule has 0 aliphatic heterocycles. The van der Waals surface area contributed by atoms with Gasteiger partial charge in [0.15, 0.2) is 0 Å². The normalized spacial score (nSPS) is 11.0. The monoisotopic (exact) mass is 361 g/mol. The van der Waals surface area contributed by atoms with E-state index < -0.39 is 10.0 Å². The van der Waals surface area contributed by atoms with Crippen LogP contribution < -0.4 is 15.4 Å². The third-order valence-corrected chi connectivity index (χ3v) is 4.93. The molecule has 0 fully saturated rings. The molecule has 2 aromatic rings. The van der Waals surface area contributed by atoms with Crippen LogP contribution in [-0.2, 0) is 16.6 Å². The van der Waals surface area contributed by atoms with Crippen molar-refractivity contribution in [3.8, 4) is 0 Å². The minimum Gasteiger partial charge on any atom is -0.334 e. The molecule has 0 radical (unpaired) electrons. The Morgan fingerprint density at radius 3 is 2.40 bits per heavy atom. The van der Waals surface area contributed by atoms with E-state index in [4.69, 9.17) is 0 Å². The summed E-state index contributed by atoms with van der Waals surface area (Å²) in [4.78, 5) is 12.0. The number of anilines is 2. The molecule has 0 bridgehead atoms. The van der Waals surface area contributed by atoms with Crippen LogP contribution in [0.1, 0.15) is 24.5 Å². The minimum absolute atomic E-state index is 0.0572. The molecule has 0 aromatic heterocycles. The van der Waals surface area contributed by atoms with Crippen molar-refractivity contribution in [1.29, 1.82) is 0 Å². The maximum atomic E-state index is 12.0. The molecule has 0 aliphatic rings. The van der Waals surface area contributed by atoms with Gasteiger partial charge in [0.2, 0.25) is 10.0 Å². The van der Waals surface area contributed by atoms with Crippen LogP contribution in [0.25, 0.3) is 0 Å². The van der Waals surface area contributed by atoms with Gasteiger partial charge in [-0.3, -0.25) is 4.72 Å². The van der Waals surface area contributed by atoms with Crippen molar-refractivity contribution in [2.24, 2.45) is 0 Å². The Bertz CT molecular complexity index is 818. The van der Waals surface area contributed by atoms with Crippen molar-refractivity contribution in [3.05, 3.63) is 59.7 Å². The van der Waals surface area contributed by atoms with Gasteiger partial charge < -0.3 is 10.6 Å². The molecule has 2 amide bonds. The average Bonchev–Trinajstić information content (AvgIpc) is 2.54. The maximum Gasteiger partial charge on any atom is 0.319 e. The van der Waals surface area contributed by atoms with E-state index >= 15 is 0 Å². The number of nitrogens with one attached hydrogen (secondary N) is 3. The maximum absolute atomic E-state index is 12.0. The fraction of sp³-hybridized carbons (Fsp3) is 0.278. The zero-order chi connectivity index (χ0) is 18.3. The van der Waals surface area contributed by atoms with Crippen molar-refractivity contribution < 1.29 is 13.2 Å². The molecule has 7 heteroatoms. The predicted molar refractivity (Wildman–Crippen MR) is 101 cm³/mol. The number of sulfonamides is 1. The van der Waals surface area contributed by atoms with E-state index in [1.165, 1.54) is 0 Å². The molecule has 0 saturated heterocycles. The van der Waals surface area contributed by atoms with E-state index in [0.717, 1.165) is 11.1 Å². The van der Waals surface area contributed by atoms with Crippen molar-refractivity contribution in [1.82, 2.24) is 5.32 Å². The van der Waals surface area contributed by atoms with Crippen molar-refractivity contribution >= 4 is 27.4 Å². The van der Waals surface area contributed by atoms with Gasteiger partial charge >= 0.3 is 6.03 Å². The molecule has 3 N–H and O–H groups in total. The first-order chi connectivity index (χ1) is 11.9. The van der Waals surface area contributed by atoms with Crippen LogP contribution in [-0.4, -0.2) is 20.2 Å². The zero-order valence-electron chi connectivity index (χ0n) is 14.4. The van der Waals surface area contributed by atoms with E-state index in [1.54, 1.807) is 31.2 Å². The molecule has 0 aliphatic carbocycles. The van der Waals surface area contributed by atoms with Gasteiger partial charge in [-0.1, -0.05) is 42.8 Å². The Labute approximate surface area is 148 Å². The third-order valence-electron chi connectivity index (χ3n) is 3.44. The second-order valence-electron chi connectivity index (χ2n) is 5.80. The summed E-state index contributed by atoms with van der Waals surface area (Å²) in [7, 11) is -3.36. The first-order valence-electron chi connectivity index (χ1n) is 8.09. The van der Waals surface area contributed by atoms with Crippen LogP contribution in [0.15, 0.2) is 48.5 Å². The van der Waals surface area contributed by atoms with Gasteiger partial charge in [-0.15, -0.1) is 0 Å². The lowest BCUT2D eigenvalue weighted by atomic mass is 10.1. The summed E-state index contributed by atoms with van der Waals surface area (Å²) in [5.41, 5.74) is 3.10. The summed E-state index contributed by atoms with van der Waals surface area (Å²) in [5.74, 6) is 0.0572. The fourth-order valence-corrected chi connectivity index (χ4v) is 3.35. The van der Waals surface area contributed by atoms with Gasteiger partial charge in [0, 0.05) is 12.2 Å². The summed E-state index contributed by atoms with van der Waals surface area (Å²) < 4.78 is 26.1. The van der Waals surface area contributed by atoms with E-state index in [1.807, 2.05) is 31.2 Å². The highest BCUT2D eigenvalue weighted by Crippen LogP contribution is 2.16. The summed E-state index contributed by atoms with van der Waals surface area (Å²) in [6.07, 6.45) is 0.536. The highest BCUT2D eigenvalue weighted by Gasteiger charge is 2.09. The number of benzene rings is 2. The number of urea groups is 1. The number of rotatable bonds is 7. The molecule has 134 valence electrons. The van der Waals surface area contributed by atoms with E-state index in [0.29, 0.717) is 24.3 Å².